The maximum atomic E-state index is 12.4. The van der Waals surface area contributed by atoms with Crippen molar-refractivity contribution in [1.29, 1.82) is 5.26 Å². The van der Waals surface area contributed by atoms with E-state index in [-0.39, 0.29) is 5.91 Å². The van der Waals surface area contributed by atoms with Crippen LogP contribution < -0.4 is 10.6 Å². The van der Waals surface area contributed by atoms with E-state index in [1.165, 1.54) is 6.20 Å². The quantitative estimate of drug-likeness (QED) is 0.673. The highest BCUT2D eigenvalue weighted by molar-refractivity contribution is 9.10. The molecule has 5 nitrogen and oxygen atoms in total. The molecule has 0 aliphatic heterocycles. The van der Waals surface area contributed by atoms with Crippen molar-refractivity contribution in [2.75, 3.05) is 10.6 Å². The second-order valence-corrected chi connectivity index (χ2v) is 6.06. The van der Waals surface area contributed by atoms with Crippen LogP contribution in [0.5, 0.6) is 0 Å². The lowest BCUT2D eigenvalue weighted by atomic mass is 10.2. The Labute approximate surface area is 153 Å². The highest BCUT2D eigenvalue weighted by Crippen LogP contribution is 2.22. The van der Waals surface area contributed by atoms with Gasteiger partial charge < -0.3 is 10.6 Å². The highest BCUT2D eigenvalue weighted by Gasteiger charge is 2.09. The summed E-state index contributed by atoms with van der Waals surface area (Å²) in [6, 6.07) is 18.2. The van der Waals surface area contributed by atoms with E-state index < -0.39 is 0 Å². The maximum Gasteiger partial charge on any atom is 0.257 e. The number of nitriles is 1. The number of halogens is 1. The van der Waals surface area contributed by atoms with Gasteiger partial charge in [0, 0.05) is 16.4 Å². The average molecular weight is 393 g/mol. The van der Waals surface area contributed by atoms with Crippen LogP contribution in [0, 0.1) is 11.3 Å². The molecule has 0 unspecified atom stereocenters. The number of para-hydroxylation sites is 1. The van der Waals surface area contributed by atoms with E-state index in [0.717, 1.165) is 10.2 Å². The number of hydrogen-bond donors (Lipinski definition) is 2. The zero-order valence-electron chi connectivity index (χ0n) is 13.0. The first-order chi connectivity index (χ1) is 12.2. The zero-order chi connectivity index (χ0) is 17.6. The Balaban J connectivity index is 1.75. The Hall–Kier alpha value is -3.17. The van der Waals surface area contributed by atoms with Crippen LogP contribution >= 0.6 is 15.9 Å². The first-order valence-corrected chi connectivity index (χ1v) is 8.23. The van der Waals surface area contributed by atoms with Gasteiger partial charge in [0.05, 0.1) is 34.8 Å². The van der Waals surface area contributed by atoms with E-state index in [0.29, 0.717) is 22.5 Å². The molecule has 6 heteroatoms. The summed E-state index contributed by atoms with van der Waals surface area (Å²) in [7, 11) is 0. The lowest BCUT2D eigenvalue weighted by Gasteiger charge is -2.09. The van der Waals surface area contributed by atoms with Crippen LogP contribution in [-0.2, 0) is 0 Å². The smallest absolute Gasteiger partial charge is 0.257 e. The molecule has 0 spiro atoms. The van der Waals surface area contributed by atoms with Crippen molar-refractivity contribution >= 4 is 38.9 Å². The van der Waals surface area contributed by atoms with Crippen LogP contribution in [0.25, 0.3) is 0 Å². The lowest BCUT2D eigenvalue weighted by molar-refractivity contribution is 0.102. The van der Waals surface area contributed by atoms with E-state index in [9.17, 15) is 4.79 Å². The minimum atomic E-state index is -0.247. The van der Waals surface area contributed by atoms with Gasteiger partial charge in [-0.1, -0.05) is 12.1 Å². The summed E-state index contributed by atoms with van der Waals surface area (Å²) >= 11 is 3.40. The minimum absolute atomic E-state index is 0.247. The summed E-state index contributed by atoms with van der Waals surface area (Å²) in [5.74, 6) is -0.247. The molecule has 1 heterocycles. The van der Waals surface area contributed by atoms with Crippen LogP contribution in [-0.4, -0.2) is 10.9 Å². The van der Waals surface area contributed by atoms with Crippen molar-refractivity contribution < 1.29 is 4.79 Å². The van der Waals surface area contributed by atoms with E-state index in [4.69, 9.17) is 5.26 Å². The monoisotopic (exact) mass is 392 g/mol. The molecule has 0 fully saturated rings. The summed E-state index contributed by atoms with van der Waals surface area (Å²) in [4.78, 5) is 16.5. The second kappa shape index (κ2) is 7.60. The third-order valence-corrected chi connectivity index (χ3v) is 4.12. The van der Waals surface area contributed by atoms with Crippen LogP contribution in [0.3, 0.4) is 0 Å². The fraction of sp³-hybridized carbons (Fsp3) is 0. The lowest BCUT2D eigenvalue weighted by Crippen LogP contribution is -2.12. The Morgan fingerprint density at radius 2 is 1.80 bits per heavy atom. The topological polar surface area (TPSA) is 77.8 Å². The first-order valence-electron chi connectivity index (χ1n) is 7.44. The second-order valence-electron chi connectivity index (χ2n) is 5.21. The summed E-state index contributed by atoms with van der Waals surface area (Å²) in [6.07, 6.45) is 3.14. The van der Waals surface area contributed by atoms with Gasteiger partial charge in [-0.3, -0.25) is 9.78 Å². The number of hydrogen-bond acceptors (Lipinski definition) is 4. The number of nitrogens with one attached hydrogen (secondary N) is 2. The Morgan fingerprint density at radius 3 is 2.52 bits per heavy atom. The van der Waals surface area contributed by atoms with E-state index in [1.54, 1.807) is 36.5 Å². The number of aromatic nitrogens is 1. The first kappa shape index (κ1) is 16.7. The number of benzene rings is 2. The molecule has 2 N–H and O–H groups in total. The average Bonchev–Trinajstić information content (AvgIpc) is 2.64. The molecule has 0 saturated heterocycles. The third-order valence-electron chi connectivity index (χ3n) is 3.43. The van der Waals surface area contributed by atoms with Crippen LogP contribution in [0.2, 0.25) is 0 Å². The molecule has 1 aromatic heterocycles. The van der Waals surface area contributed by atoms with Gasteiger partial charge in [0.1, 0.15) is 0 Å². The highest BCUT2D eigenvalue weighted by atomic mass is 79.9. The van der Waals surface area contributed by atoms with Gasteiger partial charge in [-0.2, -0.15) is 5.26 Å². The number of amides is 1. The predicted octanol–water partition coefficient (Wildman–Crippen LogP) is 4.71. The molecule has 0 aliphatic carbocycles. The Bertz CT molecular complexity index is 948. The Morgan fingerprint density at radius 1 is 1.04 bits per heavy atom. The SMILES string of the molecule is N#Cc1ccc(Nc2cncc(C(=O)Nc3ccccc3Br)c2)cc1. The van der Waals surface area contributed by atoms with Crippen molar-refractivity contribution in [1.82, 2.24) is 4.98 Å². The molecule has 1 amide bonds. The maximum absolute atomic E-state index is 12.4. The summed E-state index contributed by atoms with van der Waals surface area (Å²) in [5.41, 5.74) is 3.21. The molecule has 0 radical (unpaired) electrons. The zero-order valence-corrected chi connectivity index (χ0v) is 14.6. The van der Waals surface area contributed by atoms with Crippen molar-refractivity contribution in [2.24, 2.45) is 0 Å². The number of nitrogens with zero attached hydrogens (tertiary/aromatic N) is 2. The number of anilines is 3. The van der Waals surface area contributed by atoms with Crippen LogP contribution in [0.15, 0.2) is 71.5 Å². The largest absolute Gasteiger partial charge is 0.354 e. The molecule has 25 heavy (non-hydrogen) atoms. The van der Waals surface area contributed by atoms with E-state index in [2.05, 4.69) is 37.6 Å². The fourth-order valence-corrected chi connectivity index (χ4v) is 2.57. The van der Waals surface area contributed by atoms with Crippen molar-refractivity contribution in [2.45, 2.75) is 0 Å². The number of carbonyl (C=O) groups is 1. The molecular formula is C19H13BrN4O. The van der Waals surface area contributed by atoms with Gasteiger partial charge in [-0.25, -0.2) is 0 Å². The molecule has 122 valence electrons. The van der Waals surface area contributed by atoms with Crippen molar-refractivity contribution in [3.05, 3.63) is 82.6 Å². The van der Waals surface area contributed by atoms with Gasteiger partial charge in [0.25, 0.3) is 5.91 Å². The number of pyridine rings is 1. The van der Waals surface area contributed by atoms with Crippen molar-refractivity contribution in [3.63, 3.8) is 0 Å². The number of rotatable bonds is 4. The summed E-state index contributed by atoms with van der Waals surface area (Å²) in [5, 5.41) is 14.8. The molecule has 0 atom stereocenters. The molecule has 2 aromatic carbocycles. The molecule has 3 rings (SSSR count). The Kier molecular flexibility index (Phi) is 5.07. The van der Waals surface area contributed by atoms with Gasteiger partial charge in [-0.05, 0) is 58.4 Å². The van der Waals surface area contributed by atoms with E-state index in [1.807, 2.05) is 24.3 Å². The van der Waals surface area contributed by atoms with Crippen LogP contribution in [0.4, 0.5) is 17.1 Å². The minimum Gasteiger partial charge on any atom is -0.354 e. The molecule has 3 aromatic rings. The summed E-state index contributed by atoms with van der Waals surface area (Å²) in [6.45, 7) is 0. The normalized spacial score (nSPS) is 9.92. The predicted molar refractivity (Wildman–Crippen MR) is 101 cm³/mol. The van der Waals surface area contributed by atoms with Crippen LogP contribution in [0.1, 0.15) is 15.9 Å². The van der Waals surface area contributed by atoms with E-state index >= 15 is 0 Å². The fourth-order valence-electron chi connectivity index (χ4n) is 2.18. The van der Waals surface area contributed by atoms with Gasteiger partial charge >= 0.3 is 0 Å². The molecule has 0 saturated carbocycles. The summed E-state index contributed by atoms with van der Waals surface area (Å²) < 4.78 is 0.808. The van der Waals surface area contributed by atoms with Gasteiger partial charge in [0.2, 0.25) is 0 Å². The van der Waals surface area contributed by atoms with Gasteiger partial charge in [-0.15, -0.1) is 0 Å². The number of carbonyl (C=O) groups excluding carboxylic acids is 1. The molecule has 0 bridgehead atoms. The standard InChI is InChI=1S/C19H13BrN4O/c20-17-3-1-2-4-18(17)24-19(25)14-9-16(12-22-11-14)23-15-7-5-13(10-21)6-8-15/h1-9,11-12,23H,(H,24,25). The molecule has 0 aliphatic rings. The molecular weight excluding hydrogens is 380 g/mol. The van der Waals surface area contributed by atoms with Crippen molar-refractivity contribution in [3.8, 4) is 6.07 Å². The third kappa shape index (κ3) is 4.22. The van der Waals surface area contributed by atoms with Gasteiger partial charge in [0.15, 0.2) is 0 Å².